The van der Waals surface area contributed by atoms with E-state index in [0.717, 1.165) is 25.2 Å². The van der Waals surface area contributed by atoms with E-state index in [9.17, 15) is 15.3 Å². The van der Waals surface area contributed by atoms with Crippen LogP contribution in [0, 0.1) is 45.8 Å². The molecule has 5 aliphatic carbocycles. The van der Waals surface area contributed by atoms with Gasteiger partial charge in [0.1, 0.15) is 5.60 Å². The number of fused-ring (bicyclic) bond motifs is 4. The van der Waals surface area contributed by atoms with E-state index in [2.05, 4.69) is 13.8 Å². The molecular weight excluding hydrogens is 340 g/mol. The first-order chi connectivity index (χ1) is 12.7. The number of aliphatic hydroxyl groups is 3. The summed E-state index contributed by atoms with van der Waals surface area (Å²) >= 11 is 0. The molecule has 3 N–H and O–H groups in total. The van der Waals surface area contributed by atoms with Crippen LogP contribution in [0.25, 0.3) is 0 Å². The minimum Gasteiger partial charge on any atom is -0.396 e. The number of aliphatic hydroxyl groups excluding tert-OH is 2. The van der Waals surface area contributed by atoms with Crippen LogP contribution in [-0.4, -0.2) is 46.8 Å². The second kappa shape index (κ2) is 5.50. The smallest absolute Gasteiger partial charge is 0.101 e. The van der Waals surface area contributed by atoms with Gasteiger partial charge in [0.2, 0.25) is 0 Å². The Morgan fingerprint density at radius 2 is 1.78 bits per heavy atom. The van der Waals surface area contributed by atoms with Crippen LogP contribution in [0.5, 0.6) is 0 Å². The van der Waals surface area contributed by atoms with Crippen molar-refractivity contribution in [1.29, 1.82) is 0 Å². The molecule has 1 spiro atoms. The third-order valence-corrected chi connectivity index (χ3v) is 11.1. The van der Waals surface area contributed by atoms with Crippen LogP contribution >= 0.6 is 0 Å². The molecule has 0 aliphatic heterocycles. The Hall–Kier alpha value is -0.160. The standard InChI is InChI=1S/C23H38O4/c1-13(12-24)23(26)18(25)10-17-15-9-19(27-4)22-11-14(22)5-7-20(22,2)16(15)6-8-21(17,23)3/h13-19,24-26H,5-12H2,1-4H3/t13-,14+,15-,16+,17+,18+,19+,20-,21+,22+,23-/m1/s1. The Morgan fingerprint density at radius 3 is 2.41 bits per heavy atom. The SMILES string of the molecule is CO[C@H]1C[C@H]2[C@@H]3C[C@H](O)[C@](O)([C@H](C)CO)[C@@]3(C)CC[C@@H]2[C@@]2(C)CC[C@H]3C[C@]312. The molecule has 0 aromatic carbocycles. The molecule has 0 bridgehead atoms. The van der Waals surface area contributed by atoms with Crippen molar-refractivity contribution in [1.82, 2.24) is 0 Å². The molecule has 5 fully saturated rings. The lowest BCUT2D eigenvalue weighted by molar-refractivity contribution is -0.206. The second-order valence-corrected chi connectivity index (χ2v) is 11.4. The molecule has 0 amide bonds. The van der Waals surface area contributed by atoms with Gasteiger partial charge in [-0.1, -0.05) is 20.8 Å². The molecule has 0 aromatic heterocycles. The molecule has 5 aliphatic rings. The van der Waals surface area contributed by atoms with Crippen LogP contribution in [0.3, 0.4) is 0 Å². The number of rotatable bonds is 3. The molecule has 0 saturated heterocycles. The van der Waals surface area contributed by atoms with Gasteiger partial charge in [-0.05, 0) is 74.0 Å². The van der Waals surface area contributed by atoms with Crippen molar-refractivity contribution in [2.24, 2.45) is 45.8 Å². The van der Waals surface area contributed by atoms with Crippen LogP contribution < -0.4 is 0 Å². The highest BCUT2D eigenvalue weighted by molar-refractivity contribution is 5.27. The third-order valence-electron chi connectivity index (χ3n) is 11.1. The maximum Gasteiger partial charge on any atom is 0.101 e. The van der Waals surface area contributed by atoms with Crippen LogP contribution in [0.1, 0.15) is 65.7 Å². The summed E-state index contributed by atoms with van der Waals surface area (Å²) in [5.41, 5.74) is -0.746. The Balaban J connectivity index is 1.54. The predicted molar refractivity (Wildman–Crippen MR) is 103 cm³/mol. The largest absolute Gasteiger partial charge is 0.396 e. The highest BCUT2D eigenvalue weighted by atomic mass is 16.5. The van der Waals surface area contributed by atoms with Gasteiger partial charge in [-0.2, -0.15) is 0 Å². The lowest BCUT2D eigenvalue weighted by atomic mass is 9.44. The average Bonchev–Trinajstić information content (AvgIpc) is 3.25. The fourth-order valence-corrected chi connectivity index (χ4v) is 9.66. The van der Waals surface area contributed by atoms with E-state index < -0.39 is 11.7 Å². The van der Waals surface area contributed by atoms with Gasteiger partial charge < -0.3 is 20.1 Å². The van der Waals surface area contributed by atoms with E-state index in [0.29, 0.717) is 41.1 Å². The van der Waals surface area contributed by atoms with Crippen molar-refractivity contribution >= 4 is 0 Å². The van der Waals surface area contributed by atoms with Crippen LogP contribution in [-0.2, 0) is 4.74 Å². The summed E-state index contributed by atoms with van der Waals surface area (Å²) in [5, 5.41) is 32.5. The van der Waals surface area contributed by atoms with Crippen molar-refractivity contribution in [3.63, 3.8) is 0 Å². The maximum atomic E-state index is 11.7. The number of hydrogen-bond acceptors (Lipinski definition) is 4. The Labute approximate surface area is 163 Å². The van der Waals surface area contributed by atoms with E-state index in [1.807, 2.05) is 14.0 Å². The van der Waals surface area contributed by atoms with Crippen LogP contribution in [0.4, 0.5) is 0 Å². The minimum absolute atomic E-state index is 0.0762. The molecular formula is C23H38O4. The monoisotopic (exact) mass is 378 g/mol. The van der Waals surface area contributed by atoms with Crippen molar-refractivity contribution in [3.05, 3.63) is 0 Å². The fourth-order valence-electron chi connectivity index (χ4n) is 9.66. The van der Waals surface area contributed by atoms with E-state index in [1.165, 1.54) is 19.3 Å². The molecule has 0 radical (unpaired) electrons. The normalized spacial score (nSPS) is 62.3. The zero-order chi connectivity index (χ0) is 19.4. The molecule has 0 heterocycles. The number of hydrogen-bond donors (Lipinski definition) is 3. The molecule has 5 rings (SSSR count). The summed E-state index contributed by atoms with van der Waals surface area (Å²) in [5.74, 6) is 2.07. The Kier molecular flexibility index (Phi) is 3.84. The van der Waals surface area contributed by atoms with Gasteiger partial charge in [-0.3, -0.25) is 0 Å². The zero-order valence-corrected chi connectivity index (χ0v) is 17.4. The second-order valence-electron chi connectivity index (χ2n) is 11.4. The summed E-state index contributed by atoms with van der Waals surface area (Å²) in [4.78, 5) is 0. The van der Waals surface area contributed by atoms with Gasteiger partial charge in [-0.15, -0.1) is 0 Å². The first kappa shape index (κ1) is 18.8. The van der Waals surface area contributed by atoms with Gasteiger partial charge >= 0.3 is 0 Å². The molecule has 4 heteroatoms. The van der Waals surface area contributed by atoms with E-state index in [4.69, 9.17) is 4.74 Å². The first-order valence-electron chi connectivity index (χ1n) is 11.2. The fraction of sp³-hybridized carbons (Fsp3) is 1.00. The highest BCUT2D eigenvalue weighted by Gasteiger charge is 2.78. The quantitative estimate of drug-likeness (QED) is 0.706. The Morgan fingerprint density at radius 1 is 1.07 bits per heavy atom. The summed E-state index contributed by atoms with van der Waals surface area (Å²) in [6.07, 6.45) is 7.48. The first-order valence-corrected chi connectivity index (χ1v) is 11.2. The van der Waals surface area contributed by atoms with Gasteiger partial charge in [-0.25, -0.2) is 0 Å². The summed E-state index contributed by atoms with van der Waals surface area (Å²) < 4.78 is 6.13. The number of ether oxygens (including phenoxy) is 1. The molecule has 0 unspecified atom stereocenters. The molecule has 154 valence electrons. The van der Waals surface area contributed by atoms with Crippen LogP contribution in [0.15, 0.2) is 0 Å². The van der Waals surface area contributed by atoms with Gasteiger partial charge in [0.15, 0.2) is 0 Å². The van der Waals surface area contributed by atoms with Crippen molar-refractivity contribution in [2.45, 2.75) is 83.5 Å². The molecule has 5 saturated carbocycles. The lowest BCUT2D eigenvalue weighted by Crippen LogP contribution is -2.61. The lowest BCUT2D eigenvalue weighted by Gasteiger charge is -2.61. The molecule has 4 nitrogen and oxygen atoms in total. The van der Waals surface area contributed by atoms with E-state index >= 15 is 0 Å². The Bertz CT molecular complexity index is 638. The van der Waals surface area contributed by atoms with Gasteiger partial charge in [0, 0.05) is 30.5 Å². The predicted octanol–water partition coefficient (Wildman–Crippen LogP) is 2.98. The van der Waals surface area contributed by atoms with E-state index in [1.54, 1.807) is 0 Å². The summed E-state index contributed by atoms with van der Waals surface area (Å²) in [7, 11) is 1.89. The van der Waals surface area contributed by atoms with Crippen molar-refractivity contribution in [3.8, 4) is 0 Å². The molecule has 0 aromatic rings. The van der Waals surface area contributed by atoms with Crippen molar-refractivity contribution < 1.29 is 20.1 Å². The summed E-state index contributed by atoms with van der Waals surface area (Å²) in [6.45, 7) is 6.55. The number of methoxy groups -OCH3 is 1. The van der Waals surface area contributed by atoms with Gasteiger partial charge in [0.25, 0.3) is 0 Å². The van der Waals surface area contributed by atoms with Crippen LogP contribution in [0.2, 0.25) is 0 Å². The molecule has 27 heavy (non-hydrogen) atoms. The summed E-state index contributed by atoms with van der Waals surface area (Å²) in [6, 6.07) is 0. The maximum absolute atomic E-state index is 11.7. The minimum atomic E-state index is -1.19. The van der Waals surface area contributed by atoms with Crippen molar-refractivity contribution in [2.75, 3.05) is 13.7 Å². The average molecular weight is 379 g/mol. The van der Waals surface area contributed by atoms with E-state index in [-0.39, 0.29) is 17.9 Å². The highest BCUT2D eigenvalue weighted by Crippen LogP contribution is 2.82. The third kappa shape index (κ3) is 1.86. The molecule has 11 atom stereocenters. The van der Waals surface area contributed by atoms with Gasteiger partial charge in [0.05, 0.1) is 12.2 Å². The topological polar surface area (TPSA) is 69.9 Å². The zero-order valence-electron chi connectivity index (χ0n) is 17.4.